The normalized spacial score (nSPS) is 10.8. The van der Waals surface area contributed by atoms with E-state index in [9.17, 15) is 0 Å². The van der Waals surface area contributed by atoms with Crippen molar-refractivity contribution in [2.24, 2.45) is 0 Å². The summed E-state index contributed by atoms with van der Waals surface area (Å²) in [6.45, 7) is 2.07. The van der Waals surface area contributed by atoms with Gasteiger partial charge < -0.3 is 5.32 Å². The second-order valence-corrected chi connectivity index (χ2v) is 4.12. The van der Waals surface area contributed by atoms with Crippen molar-refractivity contribution >= 4 is 16.9 Å². The minimum Gasteiger partial charge on any atom is -0.373 e. The lowest BCUT2D eigenvalue weighted by Crippen LogP contribution is -2.08. The number of para-hydroxylation sites is 1. The van der Waals surface area contributed by atoms with Gasteiger partial charge >= 0.3 is 0 Å². The topological polar surface area (TPSA) is 68.5 Å². The van der Waals surface area contributed by atoms with E-state index in [0.29, 0.717) is 0 Å². The van der Waals surface area contributed by atoms with Crippen LogP contribution in [-0.4, -0.2) is 32.0 Å². The van der Waals surface area contributed by atoms with Crippen molar-refractivity contribution in [3.63, 3.8) is 0 Å². The Morgan fingerprint density at radius 1 is 1.21 bits per heavy atom. The molecule has 0 fully saturated rings. The molecule has 19 heavy (non-hydrogen) atoms. The average molecular weight is 254 g/mol. The first-order valence-electron chi connectivity index (χ1n) is 6.17. The van der Waals surface area contributed by atoms with Gasteiger partial charge in [0.1, 0.15) is 17.7 Å². The summed E-state index contributed by atoms with van der Waals surface area (Å²) in [6, 6.07) is 7.83. The monoisotopic (exact) mass is 254 g/mol. The lowest BCUT2D eigenvalue weighted by molar-refractivity contribution is 0.783. The van der Waals surface area contributed by atoms with Crippen LogP contribution < -0.4 is 5.32 Å². The molecule has 1 N–H and O–H groups in total. The Kier molecular flexibility index (Phi) is 2.83. The van der Waals surface area contributed by atoms with Gasteiger partial charge in [0.15, 0.2) is 5.82 Å². The molecule has 3 rings (SSSR count). The van der Waals surface area contributed by atoms with Crippen LogP contribution in [0.1, 0.15) is 12.5 Å². The molecule has 0 radical (unpaired) electrons. The van der Waals surface area contributed by atoms with Crippen molar-refractivity contribution in [3.8, 4) is 5.82 Å². The predicted molar refractivity (Wildman–Crippen MR) is 73.4 cm³/mol. The third-order valence-corrected chi connectivity index (χ3v) is 3.07. The first-order valence-corrected chi connectivity index (χ1v) is 6.17. The number of benzene rings is 1. The number of fused-ring (bicyclic) bond motifs is 1. The Labute approximate surface area is 110 Å². The van der Waals surface area contributed by atoms with Crippen molar-refractivity contribution in [2.75, 3.05) is 12.4 Å². The van der Waals surface area contributed by atoms with Gasteiger partial charge in [0.25, 0.3) is 0 Å². The number of rotatable bonds is 3. The summed E-state index contributed by atoms with van der Waals surface area (Å²) in [4.78, 5) is 8.59. The number of aromatic nitrogens is 5. The van der Waals surface area contributed by atoms with Crippen LogP contribution in [0.5, 0.6) is 0 Å². The fourth-order valence-electron chi connectivity index (χ4n) is 2.15. The minimum absolute atomic E-state index is 0.774. The first-order chi connectivity index (χ1) is 9.35. The number of anilines is 1. The van der Waals surface area contributed by atoms with E-state index < -0.39 is 0 Å². The lowest BCUT2D eigenvalue weighted by Gasteiger charge is -2.10. The summed E-state index contributed by atoms with van der Waals surface area (Å²) in [5, 5.41) is 11.4. The summed E-state index contributed by atoms with van der Waals surface area (Å²) in [5.74, 6) is 1.60. The maximum atomic E-state index is 4.36. The predicted octanol–water partition coefficient (Wildman–Crippen LogP) is 1.81. The summed E-state index contributed by atoms with van der Waals surface area (Å²) >= 11 is 0. The van der Waals surface area contributed by atoms with Gasteiger partial charge in [-0.2, -0.15) is 4.68 Å². The highest BCUT2D eigenvalue weighted by Crippen LogP contribution is 2.21. The molecule has 0 atom stereocenters. The quantitative estimate of drug-likeness (QED) is 0.772. The largest absolute Gasteiger partial charge is 0.373 e. The molecule has 2 aromatic heterocycles. The second-order valence-electron chi connectivity index (χ2n) is 4.12. The van der Waals surface area contributed by atoms with E-state index in [2.05, 4.69) is 32.5 Å². The highest BCUT2D eigenvalue weighted by molar-refractivity contribution is 5.76. The molecule has 0 unspecified atom stereocenters. The smallest absolute Gasteiger partial charge is 0.164 e. The SMILES string of the molecule is CCc1c(NC)ncnc1-n1nnc2ccccc21. The van der Waals surface area contributed by atoms with E-state index in [1.54, 1.807) is 4.68 Å². The molecule has 6 nitrogen and oxygen atoms in total. The molecule has 0 aliphatic heterocycles. The molecule has 2 heterocycles. The molecule has 0 aliphatic carbocycles. The van der Waals surface area contributed by atoms with Crippen molar-refractivity contribution in [1.82, 2.24) is 25.0 Å². The molecule has 6 heteroatoms. The lowest BCUT2D eigenvalue weighted by atomic mass is 10.2. The number of hydrogen-bond donors (Lipinski definition) is 1. The Balaban J connectivity index is 2.27. The van der Waals surface area contributed by atoms with Crippen LogP contribution in [0.15, 0.2) is 30.6 Å². The van der Waals surface area contributed by atoms with Crippen molar-refractivity contribution in [3.05, 3.63) is 36.2 Å². The molecule has 3 aromatic rings. The molecule has 0 aliphatic rings. The van der Waals surface area contributed by atoms with Crippen LogP contribution in [0.25, 0.3) is 16.9 Å². The summed E-state index contributed by atoms with van der Waals surface area (Å²) in [6.07, 6.45) is 2.36. The molecule has 0 saturated heterocycles. The van der Waals surface area contributed by atoms with E-state index in [-0.39, 0.29) is 0 Å². The highest BCUT2D eigenvalue weighted by atomic mass is 15.4. The molecule has 0 saturated carbocycles. The van der Waals surface area contributed by atoms with Gasteiger partial charge in [-0.3, -0.25) is 0 Å². The molecule has 0 bridgehead atoms. The van der Waals surface area contributed by atoms with Crippen molar-refractivity contribution in [2.45, 2.75) is 13.3 Å². The van der Waals surface area contributed by atoms with Crippen molar-refractivity contribution < 1.29 is 0 Å². The maximum Gasteiger partial charge on any atom is 0.164 e. The summed E-state index contributed by atoms with van der Waals surface area (Å²) < 4.78 is 1.76. The second kappa shape index (κ2) is 4.64. The van der Waals surface area contributed by atoms with E-state index in [0.717, 1.165) is 34.7 Å². The van der Waals surface area contributed by atoms with E-state index >= 15 is 0 Å². The standard InChI is InChI=1S/C13H14N6/c1-3-9-12(14-2)15-8-16-13(9)19-11-7-5-4-6-10(11)17-18-19/h4-8H,3H2,1-2H3,(H,14,15,16). The van der Waals surface area contributed by atoms with Crippen LogP contribution in [0.4, 0.5) is 5.82 Å². The van der Waals surface area contributed by atoms with Gasteiger partial charge in [-0.25, -0.2) is 9.97 Å². The fourth-order valence-corrected chi connectivity index (χ4v) is 2.15. The first kappa shape index (κ1) is 11.6. The molecular weight excluding hydrogens is 240 g/mol. The van der Waals surface area contributed by atoms with Crippen LogP contribution in [0.3, 0.4) is 0 Å². The third-order valence-electron chi connectivity index (χ3n) is 3.07. The summed E-state index contributed by atoms with van der Waals surface area (Å²) in [7, 11) is 1.85. The van der Waals surface area contributed by atoms with Gasteiger partial charge in [0.2, 0.25) is 0 Å². The minimum atomic E-state index is 0.774. The molecule has 1 aromatic carbocycles. The van der Waals surface area contributed by atoms with Crippen LogP contribution in [0, 0.1) is 0 Å². The third kappa shape index (κ3) is 1.81. The van der Waals surface area contributed by atoms with Gasteiger partial charge in [-0.05, 0) is 18.6 Å². The van der Waals surface area contributed by atoms with Crippen LogP contribution in [-0.2, 0) is 6.42 Å². The van der Waals surface area contributed by atoms with E-state index in [1.807, 2.05) is 31.3 Å². The van der Waals surface area contributed by atoms with Gasteiger partial charge in [0, 0.05) is 12.6 Å². The van der Waals surface area contributed by atoms with Gasteiger partial charge in [0.05, 0.1) is 5.52 Å². The highest BCUT2D eigenvalue weighted by Gasteiger charge is 2.14. The number of nitrogens with zero attached hydrogens (tertiary/aromatic N) is 5. The van der Waals surface area contributed by atoms with E-state index in [1.165, 1.54) is 6.33 Å². The van der Waals surface area contributed by atoms with Crippen molar-refractivity contribution in [1.29, 1.82) is 0 Å². The zero-order valence-electron chi connectivity index (χ0n) is 10.8. The average Bonchev–Trinajstić information content (AvgIpc) is 2.90. The van der Waals surface area contributed by atoms with Crippen LogP contribution in [0.2, 0.25) is 0 Å². The Bertz CT molecular complexity index is 718. The number of nitrogens with one attached hydrogen (secondary N) is 1. The maximum absolute atomic E-state index is 4.36. The van der Waals surface area contributed by atoms with E-state index in [4.69, 9.17) is 0 Å². The zero-order chi connectivity index (χ0) is 13.2. The van der Waals surface area contributed by atoms with Gasteiger partial charge in [-0.1, -0.05) is 24.3 Å². The molecule has 0 spiro atoms. The van der Waals surface area contributed by atoms with Gasteiger partial charge in [-0.15, -0.1) is 5.10 Å². The van der Waals surface area contributed by atoms with Crippen LogP contribution >= 0.6 is 0 Å². The Morgan fingerprint density at radius 2 is 2.05 bits per heavy atom. The fraction of sp³-hybridized carbons (Fsp3) is 0.231. The Morgan fingerprint density at radius 3 is 2.84 bits per heavy atom. The summed E-state index contributed by atoms with van der Waals surface area (Å²) in [5.41, 5.74) is 2.83. The Hall–Kier alpha value is -2.50. The molecule has 96 valence electrons. The number of hydrogen-bond acceptors (Lipinski definition) is 5. The molecule has 0 amide bonds. The molecular formula is C13H14N6. The zero-order valence-corrected chi connectivity index (χ0v) is 10.8.